The molecule has 0 spiro atoms. The first-order valence-electron chi connectivity index (χ1n) is 7.41. The van der Waals surface area contributed by atoms with Gasteiger partial charge in [0.2, 0.25) is 11.9 Å². The van der Waals surface area contributed by atoms with E-state index in [1.807, 2.05) is 24.3 Å². The van der Waals surface area contributed by atoms with Gasteiger partial charge in [0.05, 0.1) is 0 Å². The lowest BCUT2D eigenvalue weighted by Gasteiger charge is -2.19. The largest absolute Gasteiger partial charge is 0.692 e. The van der Waals surface area contributed by atoms with Gasteiger partial charge in [0.15, 0.2) is 0 Å². The molecule has 0 saturated carbocycles. The Hall–Kier alpha value is -2.33. The van der Waals surface area contributed by atoms with E-state index in [0.29, 0.717) is 16.4 Å². The zero-order valence-electron chi connectivity index (χ0n) is 13.3. The van der Waals surface area contributed by atoms with Gasteiger partial charge in [-0.25, -0.2) is 0 Å². The van der Waals surface area contributed by atoms with E-state index in [-0.39, 0.29) is 5.41 Å². The molecular formula is C18H18ClN3O. The van der Waals surface area contributed by atoms with Gasteiger partial charge in [-0.05, 0) is 34.0 Å². The molecule has 0 radical (unpaired) electrons. The van der Waals surface area contributed by atoms with E-state index in [0.717, 1.165) is 10.4 Å². The predicted molar refractivity (Wildman–Crippen MR) is 91.7 cm³/mol. The van der Waals surface area contributed by atoms with Gasteiger partial charge in [-0.1, -0.05) is 62.7 Å². The van der Waals surface area contributed by atoms with Gasteiger partial charge in [-0.3, -0.25) is 0 Å². The van der Waals surface area contributed by atoms with Crippen LogP contribution in [0.5, 0.6) is 0 Å². The van der Waals surface area contributed by atoms with E-state index in [1.54, 1.807) is 30.5 Å². The van der Waals surface area contributed by atoms with Crippen molar-refractivity contribution in [1.29, 1.82) is 0 Å². The van der Waals surface area contributed by atoms with E-state index >= 15 is 0 Å². The Morgan fingerprint density at radius 3 is 2.39 bits per heavy atom. The van der Waals surface area contributed by atoms with Gasteiger partial charge in [0, 0.05) is 15.7 Å². The standard InChI is InChI=1S/C18H18ClN3O/c1-18(2,3)14-9-7-13(8-10-14)17-12-20-21(22(17)23)16-6-4-5-15(19)11-16/h4-12H,1-3H3. The van der Waals surface area contributed by atoms with Gasteiger partial charge >= 0.3 is 0 Å². The second-order valence-corrected chi connectivity index (χ2v) is 6.94. The van der Waals surface area contributed by atoms with E-state index in [4.69, 9.17) is 11.6 Å². The summed E-state index contributed by atoms with van der Waals surface area (Å²) in [5, 5.41) is 17.3. The molecule has 0 aliphatic heterocycles. The second-order valence-electron chi connectivity index (χ2n) is 6.50. The van der Waals surface area contributed by atoms with Crippen LogP contribution >= 0.6 is 11.6 Å². The fourth-order valence-electron chi connectivity index (χ4n) is 2.41. The van der Waals surface area contributed by atoms with Crippen LogP contribution in [-0.4, -0.2) is 9.90 Å². The third-order valence-electron chi connectivity index (χ3n) is 3.75. The van der Waals surface area contributed by atoms with Gasteiger partial charge in [0.25, 0.3) is 0 Å². The summed E-state index contributed by atoms with van der Waals surface area (Å²) in [4.78, 5) is 2.07. The van der Waals surface area contributed by atoms with Crippen LogP contribution in [0.4, 0.5) is 0 Å². The first-order valence-corrected chi connectivity index (χ1v) is 7.79. The minimum Gasteiger partial charge on any atom is -0.692 e. The van der Waals surface area contributed by atoms with Crippen LogP contribution in [0.3, 0.4) is 0 Å². The highest BCUT2D eigenvalue weighted by atomic mass is 35.5. The Labute approximate surface area is 140 Å². The molecular weight excluding hydrogens is 310 g/mol. The highest BCUT2D eigenvalue weighted by molar-refractivity contribution is 6.30. The van der Waals surface area contributed by atoms with Crippen molar-refractivity contribution in [2.75, 3.05) is 0 Å². The average Bonchev–Trinajstić information content (AvgIpc) is 2.88. The van der Waals surface area contributed by atoms with Crippen molar-refractivity contribution < 1.29 is 4.85 Å². The van der Waals surface area contributed by atoms with Crippen LogP contribution in [0.1, 0.15) is 26.3 Å². The minimum absolute atomic E-state index is 0.0803. The Kier molecular flexibility index (Phi) is 3.86. The first-order chi connectivity index (χ1) is 10.9. The van der Waals surface area contributed by atoms with Gasteiger partial charge < -0.3 is 5.21 Å². The predicted octanol–water partition coefficient (Wildman–Crippen LogP) is 4.12. The lowest BCUT2D eigenvalue weighted by atomic mass is 9.86. The monoisotopic (exact) mass is 327 g/mol. The molecule has 1 heterocycles. The molecule has 0 aliphatic carbocycles. The summed E-state index contributed by atoms with van der Waals surface area (Å²) in [6.45, 7) is 6.48. The number of benzene rings is 2. The lowest BCUT2D eigenvalue weighted by molar-refractivity contribution is -0.678. The van der Waals surface area contributed by atoms with Crippen LogP contribution in [0.15, 0.2) is 54.7 Å². The SMILES string of the molecule is CC(C)(C)c1ccc(-c2cnn(-c3cccc(Cl)c3)[n+]2[O-])cc1. The van der Waals surface area contributed by atoms with Crippen LogP contribution in [0, 0.1) is 5.21 Å². The van der Waals surface area contributed by atoms with E-state index in [9.17, 15) is 5.21 Å². The molecule has 0 unspecified atom stereocenters. The number of hydrogen-bond acceptors (Lipinski definition) is 2. The number of rotatable bonds is 2. The number of nitrogens with zero attached hydrogens (tertiary/aromatic N) is 3. The van der Waals surface area contributed by atoms with E-state index < -0.39 is 0 Å². The Morgan fingerprint density at radius 2 is 1.78 bits per heavy atom. The highest BCUT2D eigenvalue weighted by Crippen LogP contribution is 2.25. The number of aromatic nitrogens is 3. The maximum absolute atomic E-state index is 12.5. The molecule has 23 heavy (non-hydrogen) atoms. The van der Waals surface area contributed by atoms with Crippen LogP contribution in [0.25, 0.3) is 16.9 Å². The van der Waals surface area contributed by atoms with Crippen molar-refractivity contribution >= 4 is 11.6 Å². The highest BCUT2D eigenvalue weighted by Gasteiger charge is 2.18. The lowest BCUT2D eigenvalue weighted by Crippen LogP contribution is -2.38. The van der Waals surface area contributed by atoms with Crippen LogP contribution < -0.4 is 4.85 Å². The van der Waals surface area contributed by atoms with Crippen molar-refractivity contribution in [3.8, 4) is 16.9 Å². The summed E-state index contributed by atoms with van der Waals surface area (Å²) in [7, 11) is 0. The molecule has 0 N–H and O–H groups in total. The fraction of sp³-hybridized carbons (Fsp3) is 0.222. The zero-order valence-corrected chi connectivity index (χ0v) is 14.1. The van der Waals surface area contributed by atoms with Crippen molar-refractivity contribution in [1.82, 2.24) is 9.90 Å². The normalized spacial score (nSPS) is 11.7. The fourth-order valence-corrected chi connectivity index (χ4v) is 2.59. The molecule has 118 valence electrons. The Morgan fingerprint density at radius 1 is 1.09 bits per heavy atom. The summed E-state index contributed by atoms with van der Waals surface area (Å²) < 4.78 is 0. The van der Waals surface area contributed by atoms with Crippen molar-refractivity contribution in [3.05, 3.63) is 70.5 Å². The molecule has 0 atom stereocenters. The average molecular weight is 328 g/mol. The van der Waals surface area contributed by atoms with Gasteiger partial charge in [-0.15, -0.1) is 4.85 Å². The molecule has 0 saturated heterocycles. The van der Waals surface area contributed by atoms with Crippen molar-refractivity contribution in [2.45, 2.75) is 26.2 Å². The van der Waals surface area contributed by atoms with Crippen molar-refractivity contribution in [2.24, 2.45) is 0 Å². The first kappa shape index (κ1) is 15.6. The Balaban J connectivity index is 1.99. The molecule has 4 nitrogen and oxygen atoms in total. The minimum atomic E-state index is 0.0803. The molecule has 0 aliphatic rings. The smallest absolute Gasteiger partial charge is 0.215 e. The summed E-state index contributed by atoms with van der Waals surface area (Å²) in [6, 6.07) is 15.0. The number of hydrogen-bond donors (Lipinski definition) is 0. The summed E-state index contributed by atoms with van der Waals surface area (Å²) in [5.41, 5.74) is 3.27. The van der Waals surface area contributed by atoms with Gasteiger partial charge in [0.1, 0.15) is 5.69 Å². The molecule has 5 heteroatoms. The van der Waals surface area contributed by atoms with Crippen LogP contribution in [0.2, 0.25) is 5.02 Å². The molecule has 3 aromatic rings. The third kappa shape index (κ3) is 3.08. The summed E-state index contributed by atoms with van der Waals surface area (Å²) in [6.07, 6.45) is 1.57. The maximum atomic E-state index is 12.5. The molecule has 0 fully saturated rings. The van der Waals surface area contributed by atoms with E-state index in [2.05, 4.69) is 25.9 Å². The zero-order chi connectivity index (χ0) is 16.6. The van der Waals surface area contributed by atoms with Gasteiger partial charge in [-0.2, -0.15) is 0 Å². The quantitative estimate of drug-likeness (QED) is 0.525. The summed E-state index contributed by atoms with van der Waals surface area (Å²) in [5.74, 6) is 0. The van der Waals surface area contributed by atoms with Crippen molar-refractivity contribution in [3.63, 3.8) is 0 Å². The molecule has 2 aromatic carbocycles. The second kappa shape index (κ2) is 5.70. The molecule has 0 amide bonds. The third-order valence-corrected chi connectivity index (χ3v) is 3.99. The molecule has 1 aromatic heterocycles. The molecule has 0 bridgehead atoms. The Bertz CT molecular complexity index is 832. The maximum Gasteiger partial charge on any atom is 0.215 e. The van der Waals surface area contributed by atoms with Crippen LogP contribution in [-0.2, 0) is 5.41 Å². The summed E-state index contributed by atoms with van der Waals surface area (Å²) >= 11 is 5.98. The number of halogens is 1. The molecule has 3 rings (SSSR count). The van der Waals surface area contributed by atoms with E-state index in [1.165, 1.54) is 10.4 Å². The topological polar surface area (TPSA) is 44.8 Å².